The molecule has 0 aliphatic heterocycles. The SMILES string of the molecule is C=C(O)CC(C)CCOCCCC. The zero-order chi connectivity index (χ0) is 10.1. The highest BCUT2D eigenvalue weighted by atomic mass is 16.5. The minimum atomic E-state index is 0.279. The van der Waals surface area contributed by atoms with Crippen molar-refractivity contribution in [3.63, 3.8) is 0 Å². The Morgan fingerprint density at radius 2 is 2.15 bits per heavy atom. The van der Waals surface area contributed by atoms with Crippen LogP contribution in [0.3, 0.4) is 0 Å². The standard InChI is InChI=1S/C11H22O2/c1-4-5-7-13-8-6-10(2)9-11(3)12/h10,12H,3-9H2,1-2H3. The molecule has 0 rings (SSSR count). The Morgan fingerprint density at radius 3 is 2.69 bits per heavy atom. The molecule has 13 heavy (non-hydrogen) atoms. The van der Waals surface area contributed by atoms with Gasteiger partial charge in [-0.25, -0.2) is 0 Å². The van der Waals surface area contributed by atoms with E-state index < -0.39 is 0 Å². The Labute approximate surface area is 81.6 Å². The van der Waals surface area contributed by atoms with E-state index >= 15 is 0 Å². The Morgan fingerprint density at radius 1 is 1.46 bits per heavy atom. The summed E-state index contributed by atoms with van der Waals surface area (Å²) in [6.07, 6.45) is 4.02. The lowest BCUT2D eigenvalue weighted by atomic mass is 10.0. The fourth-order valence-corrected chi connectivity index (χ4v) is 1.14. The molecule has 0 aliphatic carbocycles. The Bertz CT molecular complexity index is 132. The van der Waals surface area contributed by atoms with Gasteiger partial charge >= 0.3 is 0 Å². The average Bonchev–Trinajstić information content (AvgIpc) is 2.02. The molecule has 1 unspecified atom stereocenters. The molecule has 0 saturated heterocycles. The van der Waals surface area contributed by atoms with Gasteiger partial charge in [-0.1, -0.05) is 26.8 Å². The number of rotatable bonds is 8. The summed E-state index contributed by atoms with van der Waals surface area (Å²) >= 11 is 0. The number of hydrogen-bond donors (Lipinski definition) is 1. The second kappa shape index (κ2) is 8.11. The third-order valence-corrected chi connectivity index (χ3v) is 1.98. The van der Waals surface area contributed by atoms with Crippen LogP contribution in [-0.2, 0) is 4.74 Å². The van der Waals surface area contributed by atoms with Crippen molar-refractivity contribution >= 4 is 0 Å². The molecule has 78 valence electrons. The van der Waals surface area contributed by atoms with Gasteiger partial charge in [-0.15, -0.1) is 0 Å². The molecule has 0 amide bonds. The number of ether oxygens (including phenoxy) is 1. The number of aliphatic hydroxyl groups excluding tert-OH is 1. The highest BCUT2D eigenvalue weighted by molar-refractivity contribution is 4.80. The summed E-state index contributed by atoms with van der Waals surface area (Å²) in [6, 6.07) is 0. The van der Waals surface area contributed by atoms with Gasteiger partial charge in [0.15, 0.2) is 0 Å². The molecule has 2 nitrogen and oxygen atoms in total. The lowest BCUT2D eigenvalue weighted by Gasteiger charge is -2.10. The fourth-order valence-electron chi connectivity index (χ4n) is 1.14. The van der Waals surface area contributed by atoms with Gasteiger partial charge in [0, 0.05) is 19.6 Å². The van der Waals surface area contributed by atoms with Gasteiger partial charge < -0.3 is 9.84 Å². The number of hydrogen-bond acceptors (Lipinski definition) is 2. The minimum absolute atomic E-state index is 0.279. The van der Waals surface area contributed by atoms with Crippen LogP contribution in [0.4, 0.5) is 0 Å². The van der Waals surface area contributed by atoms with Crippen LogP contribution in [0.1, 0.15) is 39.5 Å². The predicted octanol–water partition coefficient (Wildman–Crippen LogP) is 3.29. The van der Waals surface area contributed by atoms with E-state index in [0.717, 1.165) is 26.1 Å². The van der Waals surface area contributed by atoms with Crippen molar-refractivity contribution in [2.75, 3.05) is 13.2 Å². The smallest absolute Gasteiger partial charge is 0.0853 e. The molecule has 0 aromatic rings. The van der Waals surface area contributed by atoms with Gasteiger partial charge in [-0.05, 0) is 18.8 Å². The van der Waals surface area contributed by atoms with Crippen molar-refractivity contribution in [2.24, 2.45) is 5.92 Å². The van der Waals surface area contributed by atoms with Crippen molar-refractivity contribution in [2.45, 2.75) is 39.5 Å². The predicted molar refractivity (Wildman–Crippen MR) is 55.9 cm³/mol. The van der Waals surface area contributed by atoms with Crippen LogP contribution < -0.4 is 0 Å². The molecule has 0 saturated carbocycles. The third kappa shape index (κ3) is 9.41. The summed E-state index contributed by atoms with van der Waals surface area (Å²) in [7, 11) is 0. The van der Waals surface area contributed by atoms with Crippen LogP contribution in [0, 0.1) is 5.92 Å². The molecule has 2 heteroatoms. The van der Waals surface area contributed by atoms with E-state index in [1.54, 1.807) is 0 Å². The van der Waals surface area contributed by atoms with Gasteiger partial charge in [0.05, 0.1) is 5.76 Å². The molecule has 0 aromatic heterocycles. The average molecular weight is 186 g/mol. The summed E-state index contributed by atoms with van der Waals surface area (Å²) in [5.41, 5.74) is 0. The van der Waals surface area contributed by atoms with E-state index in [0.29, 0.717) is 12.3 Å². The number of allylic oxidation sites excluding steroid dienone is 1. The van der Waals surface area contributed by atoms with Gasteiger partial charge in [-0.2, -0.15) is 0 Å². The first-order chi connectivity index (χ1) is 6.16. The van der Waals surface area contributed by atoms with Crippen LogP contribution in [0.15, 0.2) is 12.3 Å². The van der Waals surface area contributed by atoms with Crippen molar-refractivity contribution < 1.29 is 9.84 Å². The highest BCUT2D eigenvalue weighted by Crippen LogP contribution is 2.11. The van der Waals surface area contributed by atoms with E-state index in [4.69, 9.17) is 9.84 Å². The molecule has 0 bridgehead atoms. The van der Waals surface area contributed by atoms with E-state index in [2.05, 4.69) is 20.4 Å². The largest absolute Gasteiger partial charge is 0.513 e. The van der Waals surface area contributed by atoms with Crippen LogP contribution >= 0.6 is 0 Å². The molecule has 0 heterocycles. The molecule has 0 radical (unpaired) electrons. The monoisotopic (exact) mass is 186 g/mol. The molecular formula is C11H22O2. The summed E-state index contributed by atoms with van der Waals surface area (Å²) in [6.45, 7) is 9.39. The van der Waals surface area contributed by atoms with Gasteiger partial charge in [-0.3, -0.25) is 0 Å². The Kier molecular flexibility index (Phi) is 7.80. The topological polar surface area (TPSA) is 29.5 Å². The van der Waals surface area contributed by atoms with Gasteiger partial charge in [0.1, 0.15) is 0 Å². The van der Waals surface area contributed by atoms with Gasteiger partial charge in [0.2, 0.25) is 0 Å². The third-order valence-electron chi connectivity index (χ3n) is 1.98. The molecule has 0 spiro atoms. The molecule has 0 fully saturated rings. The van der Waals surface area contributed by atoms with E-state index in [-0.39, 0.29) is 5.76 Å². The van der Waals surface area contributed by atoms with Crippen LogP contribution in [0.2, 0.25) is 0 Å². The van der Waals surface area contributed by atoms with Crippen LogP contribution in [-0.4, -0.2) is 18.3 Å². The van der Waals surface area contributed by atoms with Crippen LogP contribution in [0.5, 0.6) is 0 Å². The molecular weight excluding hydrogens is 164 g/mol. The second-order valence-electron chi connectivity index (χ2n) is 3.63. The van der Waals surface area contributed by atoms with Crippen molar-refractivity contribution in [1.82, 2.24) is 0 Å². The highest BCUT2D eigenvalue weighted by Gasteiger charge is 2.02. The van der Waals surface area contributed by atoms with E-state index in [9.17, 15) is 0 Å². The molecule has 1 atom stereocenters. The normalized spacial score (nSPS) is 12.8. The fraction of sp³-hybridized carbons (Fsp3) is 0.818. The lowest BCUT2D eigenvalue weighted by Crippen LogP contribution is -2.03. The maximum atomic E-state index is 8.93. The summed E-state index contributed by atoms with van der Waals surface area (Å²) in [4.78, 5) is 0. The van der Waals surface area contributed by atoms with E-state index in [1.807, 2.05) is 0 Å². The molecule has 1 N–H and O–H groups in total. The first-order valence-electron chi connectivity index (χ1n) is 5.11. The first-order valence-corrected chi connectivity index (χ1v) is 5.11. The zero-order valence-electron chi connectivity index (χ0n) is 8.88. The van der Waals surface area contributed by atoms with Gasteiger partial charge in [0.25, 0.3) is 0 Å². The number of aliphatic hydroxyl groups is 1. The maximum absolute atomic E-state index is 8.93. The quantitative estimate of drug-likeness (QED) is 0.465. The minimum Gasteiger partial charge on any atom is -0.513 e. The second-order valence-corrected chi connectivity index (χ2v) is 3.63. The Balaban J connectivity index is 3.17. The van der Waals surface area contributed by atoms with E-state index in [1.165, 1.54) is 6.42 Å². The zero-order valence-corrected chi connectivity index (χ0v) is 8.88. The lowest BCUT2D eigenvalue weighted by molar-refractivity contribution is 0.118. The first kappa shape index (κ1) is 12.5. The number of unbranched alkanes of at least 4 members (excludes halogenated alkanes) is 1. The van der Waals surface area contributed by atoms with Crippen molar-refractivity contribution in [3.05, 3.63) is 12.3 Å². The molecule has 0 aliphatic rings. The van der Waals surface area contributed by atoms with Crippen molar-refractivity contribution in [1.29, 1.82) is 0 Å². The maximum Gasteiger partial charge on any atom is 0.0853 e. The van der Waals surface area contributed by atoms with Crippen LogP contribution in [0.25, 0.3) is 0 Å². The molecule has 0 aromatic carbocycles. The van der Waals surface area contributed by atoms with Crippen molar-refractivity contribution in [3.8, 4) is 0 Å². The summed E-state index contributed by atoms with van der Waals surface area (Å²) in [5, 5.41) is 8.93. The summed E-state index contributed by atoms with van der Waals surface area (Å²) < 4.78 is 5.41. The Hall–Kier alpha value is -0.500. The summed E-state index contributed by atoms with van der Waals surface area (Å²) in [5.74, 6) is 0.750.